The van der Waals surface area contributed by atoms with Crippen LogP contribution in [0, 0.1) is 17.7 Å². The summed E-state index contributed by atoms with van der Waals surface area (Å²) < 4.78 is 60.9. The van der Waals surface area contributed by atoms with Crippen molar-refractivity contribution in [1.82, 2.24) is 14.8 Å². The number of alkyl halides is 3. The molecule has 0 aliphatic carbocycles. The molecule has 9 nitrogen and oxygen atoms in total. The molecule has 1 aromatic heterocycles. The second kappa shape index (κ2) is 17.7. The Morgan fingerprint density at radius 2 is 1.60 bits per heavy atom. The number of aldehydes is 1. The van der Waals surface area contributed by atoms with E-state index < -0.39 is 18.2 Å². The van der Waals surface area contributed by atoms with Crippen LogP contribution in [-0.4, -0.2) is 67.3 Å². The number of hydrogen-bond donors (Lipinski definition) is 2. The Hall–Kier alpha value is -4.91. The molecule has 2 saturated heterocycles. The number of carbonyl (C=O) groups is 2. The summed E-state index contributed by atoms with van der Waals surface area (Å²) in [7, 11) is 3.13. The topological polar surface area (TPSA) is 95.9 Å². The van der Waals surface area contributed by atoms with Crippen LogP contribution in [0.4, 0.5) is 28.9 Å². The fourth-order valence-electron chi connectivity index (χ4n) is 7.93. The van der Waals surface area contributed by atoms with Crippen LogP contribution in [-0.2, 0) is 23.2 Å². The van der Waals surface area contributed by atoms with Crippen LogP contribution in [0.1, 0.15) is 56.9 Å². The van der Waals surface area contributed by atoms with Gasteiger partial charge in [-0.2, -0.15) is 0 Å². The average Bonchev–Trinajstić information content (AvgIpc) is 3.18. The molecule has 294 valence electrons. The second-order valence-electron chi connectivity index (χ2n) is 14.9. The SMILES string of the molecule is CNC(=O)CCC(C=O)Nc1ccc(N2CCC(CCC3CCN(Cc4ccc(-c5cn(C)c(=O)c6ccc(F)cc56)cc4OC(F)(F)F)CC3)CC2)cc1. The zero-order chi connectivity index (χ0) is 39.1. The van der Waals surface area contributed by atoms with E-state index in [0.717, 1.165) is 75.9 Å². The van der Waals surface area contributed by atoms with Crippen LogP contribution in [0.3, 0.4) is 0 Å². The van der Waals surface area contributed by atoms with Gasteiger partial charge in [0.2, 0.25) is 5.91 Å². The number of benzene rings is 3. The van der Waals surface area contributed by atoms with E-state index in [1.165, 1.54) is 41.5 Å². The van der Waals surface area contributed by atoms with Gasteiger partial charge in [-0.3, -0.25) is 14.5 Å². The van der Waals surface area contributed by atoms with Gasteiger partial charge in [0.1, 0.15) is 17.9 Å². The number of anilines is 2. The number of halogens is 4. The molecule has 0 saturated carbocycles. The highest BCUT2D eigenvalue weighted by atomic mass is 19.4. The predicted molar refractivity (Wildman–Crippen MR) is 207 cm³/mol. The molecule has 4 aromatic rings. The monoisotopic (exact) mass is 763 g/mol. The lowest BCUT2D eigenvalue weighted by Crippen LogP contribution is -2.35. The molecule has 6 rings (SSSR count). The lowest BCUT2D eigenvalue weighted by molar-refractivity contribution is -0.275. The Labute approximate surface area is 318 Å². The number of likely N-dealkylation sites (tertiary alicyclic amines) is 1. The van der Waals surface area contributed by atoms with Gasteiger partial charge in [-0.15, -0.1) is 13.2 Å². The highest BCUT2D eigenvalue weighted by Gasteiger charge is 2.33. The Morgan fingerprint density at radius 3 is 2.24 bits per heavy atom. The minimum atomic E-state index is -4.89. The normalized spacial score (nSPS) is 16.6. The van der Waals surface area contributed by atoms with Crippen LogP contribution in [0.15, 0.2) is 71.7 Å². The zero-order valence-corrected chi connectivity index (χ0v) is 31.3. The number of rotatable bonds is 14. The van der Waals surface area contributed by atoms with Crippen molar-refractivity contribution in [1.29, 1.82) is 0 Å². The Bertz CT molecular complexity index is 2000. The summed E-state index contributed by atoms with van der Waals surface area (Å²) in [5.41, 5.74) is 2.92. The van der Waals surface area contributed by atoms with Crippen molar-refractivity contribution in [2.24, 2.45) is 18.9 Å². The quantitative estimate of drug-likeness (QED) is 0.101. The molecule has 1 unspecified atom stereocenters. The van der Waals surface area contributed by atoms with Crippen molar-refractivity contribution >= 4 is 34.3 Å². The van der Waals surface area contributed by atoms with E-state index in [0.29, 0.717) is 46.9 Å². The van der Waals surface area contributed by atoms with E-state index in [4.69, 9.17) is 0 Å². The number of pyridine rings is 1. The first-order chi connectivity index (χ1) is 26.4. The number of nitrogens with one attached hydrogen (secondary N) is 2. The minimum Gasteiger partial charge on any atom is -0.405 e. The summed E-state index contributed by atoms with van der Waals surface area (Å²) in [6, 6.07) is 16.2. The van der Waals surface area contributed by atoms with E-state index >= 15 is 0 Å². The smallest absolute Gasteiger partial charge is 0.405 e. The molecule has 2 aliphatic rings. The van der Waals surface area contributed by atoms with Gasteiger partial charge in [0.25, 0.3) is 5.56 Å². The number of carbonyl (C=O) groups excluding carboxylic acids is 2. The van der Waals surface area contributed by atoms with Crippen molar-refractivity contribution in [2.75, 3.05) is 43.4 Å². The first kappa shape index (κ1) is 39.8. The highest BCUT2D eigenvalue weighted by molar-refractivity contribution is 5.96. The molecule has 0 spiro atoms. The number of ether oxygens (including phenoxy) is 1. The van der Waals surface area contributed by atoms with Crippen molar-refractivity contribution in [3.05, 3.63) is 88.6 Å². The van der Waals surface area contributed by atoms with Gasteiger partial charge in [-0.1, -0.05) is 25.0 Å². The van der Waals surface area contributed by atoms with E-state index in [1.807, 2.05) is 12.1 Å². The standard InChI is InChI=1S/C42H49F4N5O4/c1-47-40(53)14-10-34(27-52)48-33-8-11-35(12-9-33)51-21-17-29(18-22-51)4-3-28-15-19-50(20-16-28)25-31-6-5-30(23-39(31)55-42(44,45)46)38-26-49(2)41(54)36-13-7-32(43)24-37(36)38/h5-9,11-13,23-24,26-29,34,48H,3-4,10,14-22,25H2,1-2H3,(H,47,53). The molecule has 13 heteroatoms. The maximum absolute atomic E-state index is 14.2. The van der Waals surface area contributed by atoms with Gasteiger partial charge in [-0.05, 0) is 117 Å². The third-order valence-electron chi connectivity index (χ3n) is 11.2. The molecular weight excluding hydrogens is 714 g/mol. The lowest BCUT2D eigenvalue weighted by Gasteiger charge is -2.36. The van der Waals surface area contributed by atoms with Crippen LogP contribution in [0.25, 0.3) is 21.9 Å². The number of piperidine rings is 2. The molecular formula is C42H49F4N5O4. The largest absolute Gasteiger partial charge is 0.573 e. The van der Waals surface area contributed by atoms with E-state index in [9.17, 15) is 31.9 Å². The molecule has 2 aliphatic heterocycles. The third-order valence-corrected chi connectivity index (χ3v) is 11.2. The number of aryl methyl sites for hydroxylation is 1. The third kappa shape index (κ3) is 10.4. The van der Waals surface area contributed by atoms with E-state index in [2.05, 4.69) is 37.3 Å². The Balaban J connectivity index is 0.984. The number of nitrogens with zero attached hydrogens (tertiary/aromatic N) is 3. The van der Waals surface area contributed by atoms with Crippen molar-refractivity contribution in [2.45, 2.75) is 70.3 Å². The Morgan fingerprint density at radius 1 is 0.927 bits per heavy atom. The fraction of sp³-hybridized carbons (Fsp3) is 0.452. The first-order valence-corrected chi connectivity index (χ1v) is 19.1. The van der Waals surface area contributed by atoms with Crippen LogP contribution in [0.5, 0.6) is 5.75 Å². The summed E-state index contributed by atoms with van der Waals surface area (Å²) in [5.74, 6) is 0.295. The molecule has 1 amide bonds. The van der Waals surface area contributed by atoms with Crippen molar-refractivity contribution in [3.63, 3.8) is 0 Å². The summed E-state index contributed by atoms with van der Waals surface area (Å²) in [6.07, 6.45) is 4.68. The van der Waals surface area contributed by atoms with Gasteiger partial charge in [0, 0.05) is 74.2 Å². The molecule has 55 heavy (non-hydrogen) atoms. The molecule has 1 atom stereocenters. The van der Waals surface area contributed by atoms with Gasteiger partial charge < -0.3 is 29.6 Å². The molecule has 3 heterocycles. The number of amides is 1. The predicted octanol–water partition coefficient (Wildman–Crippen LogP) is 7.66. The van der Waals surface area contributed by atoms with Crippen LogP contribution >= 0.6 is 0 Å². The number of fused-ring (bicyclic) bond motifs is 1. The van der Waals surface area contributed by atoms with Gasteiger partial charge in [0.05, 0.1) is 6.04 Å². The fourth-order valence-corrected chi connectivity index (χ4v) is 7.93. The molecule has 2 fully saturated rings. The van der Waals surface area contributed by atoms with Crippen molar-refractivity contribution in [3.8, 4) is 16.9 Å². The summed E-state index contributed by atoms with van der Waals surface area (Å²) in [6.45, 7) is 3.85. The summed E-state index contributed by atoms with van der Waals surface area (Å²) in [4.78, 5) is 40.3. The maximum atomic E-state index is 14.2. The number of hydrogen-bond acceptors (Lipinski definition) is 7. The molecule has 0 radical (unpaired) electrons. The Kier molecular flexibility index (Phi) is 12.8. The maximum Gasteiger partial charge on any atom is 0.573 e. The average molecular weight is 764 g/mol. The second-order valence-corrected chi connectivity index (χ2v) is 14.9. The summed E-state index contributed by atoms with van der Waals surface area (Å²) in [5, 5.41) is 6.37. The van der Waals surface area contributed by atoms with Gasteiger partial charge in [-0.25, -0.2) is 4.39 Å². The number of aromatic nitrogens is 1. The highest BCUT2D eigenvalue weighted by Crippen LogP contribution is 2.36. The van der Waals surface area contributed by atoms with Crippen molar-refractivity contribution < 1.29 is 31.9 Å². The van der Waals surface area contributed by atoms with E-state index in [1.54, 1.807) is 26.2 Å². The molecule has 2 N–H and O–H groups in total. The lowest BCUT2D eigenvalue weighted by atomic mass is 9.85. The van der Waals surface area contributed by atoms with Crippen LogP contribution in [0.2, 0.25) is 0 Å². The first-order valence-electron chi connectivity index (χ1n) is 19.1. The van der Waals surface area contributed by atoms with E-state index in [-0.39, 0.29) is 29.0 Å². The zero-order valence-electron chi connectivity index (χ0n) is 31.3. The van der Waals surface area contributed by atoms with Gasteiger partial charge in [0.15, 0.2) is 0 Å². The summed E-state index contributed by atoms with van der Waals surface area (Å²) >= 11 is 0. The molecule has 0 bridgehead atoms. The van der Waals surface area contributed by atoms with Crippen LogP contribution < -0.4 is 25.8 Å². The molecule has 3 aromatic carbocycles. The van der Waals surface area contributed by atoms with Gasteiger partial charge >= 0.3 is 6.36 Å². The minimum absolute atomic E-state index is 0.0932.